The highest BCUT2D eigenvalue weighted by atomic mass is 14.4. The molecule has 2 aliphatic rings. The van der Waals surface area contributed by atoms with E-state index in [-0.39, 0.29) is 0 Å². The third-order valence-corrected chi connectivity index (χ3v) is 17.3. The predicted octanol–water partition coefficient (Wildman–Crippen LogP) is 20.9. The molecule has 0 bridgehead atoms. The van der Waals surface area contributed by atoms with Crippen LogP contribution in [0.2, 0.25) is 0 Å². The summed E-state index contributed by atoms with van der Waals surface area (Å²) in [7, 11) is 0. The van der Waals surface area contributed by atoms with Crippen LogP contribution in [0.1, 0.15) is 11.1 Å². The summed E-state index contributed by atoms with van der Waals surface area (Å²) in [4.78, 5) is 0. The van der Waals surface area contributed by atoms with E-state index in [1.807, 2.05) is 0 Å². The van der Waals surface area contributed by atoms with Crippen LogP contribution >= 0.6 is 0 Å². The second kappa shape index (κ2) is 14.6. The Bertz CT molecular complexity index is 4690. The molecule has 15 aromatic rings. The molecule has 0 aliphatic heterocycles. The van der Waals surface area contributed by atoms with Crippen LogP contribution in [0.3, 0.4) is 0 Å². The van der Waals surface area contributed by atoms with Gasteiger partial charge in [-0.1, -0.05) is 218 Å². The highest BCUT2D eigenvalue weighted by Crippen LogP contribution is 2.63. The zero-order valence-electron chi connectivity index (χ0n) is 40.9. The van der Waals surface area contributed by atoms with Gasteiger partial charge in [-0.25, -0.2) is 0 Å². The molecule has 17 rings (SSSR count). The minimum absolute atomic E-state index is 1.25. The number of benzene rings is 15. The highest BCUT2D eigenvalue weighted by Gasteiger charge is 2.35. The fourth-order valence-electron chi connectivity index (χ4n) is 14.2. The van der Waals surface area contributed by atoms with E-state index in [2.05, 4.69) is 244 Å². The first kappa shape index (κ1) is 40.3. The Balaban J connectivity index is 0.998. The molecule has 0 heterocycles. The maximum atomic E-state index is 2.47. The molecular formula is C74H44. The summed E-state index contributed by atoms with van der Waals surface area (Å²) in [6.07, 6.45) is 0. The van der Waals surface area contributed by atoms with Crippen LogP contribution in [0.4, 0.5) is 0 Å². The molecule has 0 amide bonds. The number of fused-ring (bicyclic) bond motifs is 12. The van der Waals surface area contributed by atoms with Crippen molar-refractivity contribution in [1.82, 2.24) is 0 Å². The molecule has 2 aliphatic carbocycles. The van der Waals surface area contributed by atoms with E-state index in [1.54, 1.807) is 0 Å². The van der Waals surface area contributed by atoms with Gasteiger partial charge in [0.25, 0.3) is 0 Å². The van der Waals surface area contributed by atoms with Crippen molar-refractivity contribution in [2.24, 2.45) is 0 Å². The van der Waals surface area contributed by atoms with Gasteiger partial charge in [-0.2, -0.15) is 0 Å². The lowest BCUT2D eigenvalue weighted by Gasteiger charge is -2.21. The Morgan fingerprint density at radius 2 is 0.500 bits per heavy atom. The Labute approximate surface area is 428 Å². The molecule has 0 saturated carbocycles. The van der Waals surface area contributed by atoms with E-state index in [0.717, 1.165) is 0 Å². The molecule has 0 aromatic heterocycles. The molecule has 0 fully saturated rings. The Morgan fingerprint density at radius 1 is 0.189 bits per heavy atom. The van der Waals surface area contributed by atoms with E-state index in [0.29, 0.717) is 0 Å². The van der Waals surface area contributed by atoms with Crippen LogP contribution in [-0.2, 0) is 0 Å². The van der Waals surface area contributed by atoms with Crippen LogP contribution in [0.25, 0.3) is 175 Å². The van der Waals surface area contributed by atoms with E-state index in [1.165, 1.54) is 186 Å². The van der Waals surface area contributed by atoms with Crippen molar-refractivity contribution in [1.29, 1.82) is 0 Å². The van der Waals surface area contributed by atoms with Crippen molar-refractivity contribution >= 4 is 86.2 Å². The van der Waals surface area contributed by atoms with Gasteiger partial charge in [-0.15, -0.1) is 0 Å². The summed E-state index contributed by atoms with van der Waals surface area (Å²) >= 11 is 0. The van der Waals surface area contributed by atoms with Gasteiger partial charge in [-0.3, -0.25) is 0 Å². The van der Waals surface area contributed by atoms with Crippen molar-refractivity contribution in [3.63, 3.8) is 0 Å². The lowest BCUT2D eigenvalue weighted by Crippen LogP contribution is -1.95. The molecule has 74 heavy (non-hydrogen) atoms. The van der Waals surface area contributed by atoms with E-state index >= 15 is 0 Å². The number of rotatable bonds is 4. The second-order valence-corrected chi connectivity index (χ2v) is 21.0. The van der Waals surface area contributed by atoms with Crippen LogP contribution in [-0.4, -0.2) is 0 Å². The second-order valence-electron chi connectivity index (χ2n) is 21.0. The topological polar surface area (TPSA) is 0 Å². The van der Waals surface area contributed by atoms with Gasteiger partial charge in [-0.05, 0) is 212 Å². The van der Waals surface area contributed by atoms with Gasteiger partial charge in [0.05, 0.1) is 0 Å². The van der Waals surface area contributed by atoms with Crippen molar-refractivity contribution < 1.29 is 0 Å². The molecular weight excluding hydrogens is 889 g/mol. The maximum Gasteiger partial charge on any atom is -0.000730 e. The smallest absolute Gasteiger partial charge is 0.000730 e. The summed E-state index contributed by atoms with van der Waals surface area (Å²) in [5, 5.41) is 20.8. The minimum atomic E-state index is 1.25. The Hall–Kier alpha value is -9.36. The zero-order chi connectivity index (χ0) is 48.5. The summed E-state index contributed by atoms with van der Waals surface area (Å²) in [5.41, 5.74) is 23.5. The molecule has 340 valence electrons. The summed E-state index contributed by atoms with van der Waals surface area (Å²) < 4.78 is 0. The summed E-state index contributed by atoms with van der Waals surface area (Å²) in [6, 6.07) is 87.8. The quantitative estimate of drug-likeness (QED) is 0.122. The number of hydrogen-bond donors (Lipinski definition) is 0. The molecule has 15 aromatic carbocycles. The number of hydrogen-bond acceptors (Lipinski definition) is 0. The highest BCUT2D eigenvalue weighted by molar-refractivity contribution is 6.42. The van der Waals surface area contributed by atoms with Crippen LogP contribution in [0.15, 0.2) is 231 Å². The average molecular weight is 933 g/mol. The first-order chi connectivity index (χ1) is 36.6. The van der Waals surface area contributed by atoms with Crippen molar-refractivity contribution in [3.8, 4) is 89.0 Å². The third-order valence-electron chi connectivity index (χ3n) is 17.3. The van der Waals surface area contributed by atoms with Crippen LogP contribution in [0.5, 0.6) is 0 Å². The average Bonchev–Trinajstić information content (AvgIpc) is 3.96. The Morgan fingerprint density at radius 3 is 0.878 bits per heavy atom. The van der Waals surface area contributed by atoms with Crippen LogP contribution in [0, 0.1) is 13.8 Å². The largest absolute Gasteiger partial charge is 0.0620 e. The van der Waals surface area contributed by atoms with Gasteiger partial charge < -0.3 is 0 Å². The fraction of sp³-hybridized carbons (Fsp3) is 0.0270. The van der Waals surface area contributed by atoms with Gasteiger partial charge in [0.2, 0.25) is 0 Å². The monoisotopic (exact) mass is 932 g/mol. The lowest BCUT2D eigenvalue weighted by atomic mass is 9.81. The van der Waals surface area contributed by atoms with Crippen molar-refractivity contribution in [2.75, 3.05) is 0 Å². The first-order valence-electron chi connectivity index (χ1n) is 26.1. The maximum absolute atomic E-state index is 2.47. The van der Waals surface area contributed by atoms with Crippen molar-refractivity contribution in [3.05, 3.63) is 242 Å². The fourth-order valence-corrected chi connectivity index (χ4v) is 14.2. The first-order valence-corrected chi connectivity index (χ1v) is 26.1. The van der Waals surface area contributed by atoms with Gasteiger partial charge in [0.1, 0.15) is 0 Å². The molecule has 0 spiro atoms. The summed E-state index contributed by atoms with van der Waals surface area (Å²) in [6.45, 7) is 4.54. The van der Waals surface area contributed by atoms with Gasteiger partial charge in [0.15, 0.2) is 0 Å². The molecule has 0 atom stereocenters. The SMILES string of the molecule is Cc1ccccc1-c1c2c(c(-c3ccc4ccccc4c3)c3ccccc13)-c1ccc3c4ccc5c6c(ccc(c7ccc-2c1c37)c64)-c1c-5c(-c2ccccc2C)c2ccccc2c1-c1ccc2ccccc2c1. The third kappa shape index (κ3) is 5.17. The van der Waals surface area contributed by atoms with Crippen molar-refractivity contribution in [2.45, 2.75) is 13.8 Å². The van der Waals surface area contributed by atoms with Gasteiger partial charge in [0, 0.05) is 0 Å². The lowest BCUT2D eigenvalue weighted by molar-refractivity contribution is 1.47. The molecule has 0 radical (unpaired) electrons. The standard InChI is InChI=1S/C74H44/c1-41-15-3-9-21-49(41)65-53-25-13-11-23-51(53)63(47-29-27-43-17-5-7-19-45(43)39-47)71-59-35-31-55-58-34-38-62-70-60(36-32-56(68(58)70)57-33-37-61(73(65)71)69(59)67(55)57)72-64(48-30-28-44-18-6-8-20-46(44)40-48)52-24-12-14-26-54(52)66(74(62)72)50-22-10-4-16-42(50)2/h3-40H,1-2H3. The zero-order valence-corrected chi connectivity index (χ0v) is 40.9. The predicted molar refractivity (Wildman–Crippen MR) is 318 cm³/mol. The van der Waals surface area contributed by atoms with E-state index < -0.39 is 0 Å². The normalized spacial score (nSPS) is 12.5. The molecule has 0 saturated heterocycles. The summed E-state index contributed by atoms with van der Waals surface area (Å²) in [5.74, 6) is 0. The number of aryl methyl sites for hydroxylation is 2. The molecule has 0 heteroatoms. The minimum Gasteiger partial charge on any atom is -0.0620 e. The molecule has 0 N–H and O–H groups in total. The Kier molecular flexibility index (Phi) is 7.96. The van der Waals surface area contributed by atoms with Gasteiger partial charge >= 0.3 is 0 Å². The van der Waals surface area contributed by atoms with E-state index in [4.69, 9.17) is 0 Å². The van der Waals surface area contributed by atoms with E-state index in [9.17, 15) is 0 Å². The molecule has 0 nitrogen and oxygen atoms in total. The molecule has 0 unspecified atom stereocenters. The van der Waals surface area contributed by atoms with Crippen LogP contribution < -0.4 is 0 Å².